The van der Waals surface area contributed by atoms with Crippen molar-refractivity contribution in [3.8, 4) is 22.3 Å². The average molecular weight is 774 g/mol. The van der Waals surface area contributed by atoms with Gasteiger partial charge in [-0.3, -0.25) is 4.99 Å². The van der Waals surface area contributed by atoms with Gasteiger partial charge in [0.1, 0.15) is 11.2 Å². The van der Waals surface area contributed by atoms with Crippen molar-refractivity contribution in [1.82, 2.24) is 0 Å². The van der Waals surface area contributed by atoms with E-state index in [2.05, 4.69) is 169 Å². The van der Waals surface area contributed by atoms with Gasteiger partial charge < -0.3 is 4.42 Å². The van der Waals surface area contributed by atoms with Gasteiger partial charge in [-0.2, -0.15) is 0 Å². The second-order valence-electron chi connectivity index (χ2n) is 14.8. The van der Waals surface area contributed by atoms with Crippen LogP contribution in [0.3, 0.4) is 0 Å². The molecule has 0 saturated heterocycles. The van der Waals surface area contributed by atoms with Crippen molar-refractivity contribution in [2.24, 2.45) is 15.0 Å². The minimum Gasteiger partial charge on any atom is -0.456 e. The van der Waals surface area contributed by atoms with Gasteiger partial charge in [0.2, 0.25) is 0 Å². The van der Waals surface area contributed by atoms with E-state index in [1.54, 1.807) is 0 Å². The zero-order valence-corrected chi connectivity index (χ0v) is 32.8. The fourth-order valence-corrected chi connectivity index (χ4v) is 9.70. The second-order valence-corrected chi connectivity index (χ2v) is 15.8. The second kappa shape index (κ2) is 14.5. The molecule has 0 amide bonds. The third-order valence-electron chi connectivity index (χ3n) is 11.3. The predicted molar refractivity (Wildman–Crippen MR) is 252 cm³/mol. The van der Waals surface area contributed by atoms with Crippen LogP contribution in [0.4, 0.5) is 0 Å². The lowest BCUT2D eigenvalue weighted by molar-refractivity contribution is 0.669. The molecule has 2 aromatic heterocycles. The highest BCUT2D eigenvalue weighted by molar-refractivity contribution is 7.26. The number of nitrogens with zero attached hydrogens (tertiary/aromatic N) is 3. The molecule has 5 heteroatoms. The number of thiophene rings is 1. The number of aliphatic imine (C=N–C) groups is 3. The fraction of sp³-hybridized carbons (Fsp3) is 0.0185. The summed E-state index contributed by atoms with van der Waals surface area (Å²) >= 11 is 1.81. The number of fused-ring (bicyclic) bond motifs is 8. The molecule has 2 heterocycles. The largest absolute Gasteiger partial charge is 0.456 e. The van der Waals surface area contributed by atoms with Crippen molar-refractivity contribution in [2.45, 2.75) is 6.54 Å². The molecule has 4 nitrogen and oxygen atoms in total. The molecule has 9 aromatic carbocycles. The molecule has 0 N–H and O–H groups in total. The summed E-state index contributed by atoms with van der Waals surface area (Å²) < 4.78 is 9.13. The number of amidine groups is 2. The van der Waals surface area contributed by atoms with Crippen molar-refractivity contribution >= 4 is 93.4 Å². The molecule has 0 bridgehead atoms. The average Bonchev–Trinajstić information content (AvgIpc) is 3.88. The van der Waals surface area contributed by atoms with E-state index in [9.17, 15) is 0 Å². The molecule has 0 spiro atoms. The van der Waals surface area contributed by atoms with Crippen LogP contribution in [0, 0.1) is 0 Å². The first-order valence-corrected chi connectivity index (χ1v) is 20.5. The maximum Gasteiger partial charge on any atom is 0.161 e. The van der Waals surface area contributed by atoms with Crippen LogP contribution in [-0.2, 0) is 6.54 Å². The molecule has 278 valence electrons. The van der Waals surface area contributed by atoms with Crippen LogP contribution in [0.5, 0.6) is 0 Å². The Balaban J connectivity index is 1.09. The lowest BCUT2D eigenvalue weighted by atomic mass is 9.94. The van der Waals surface area contributed by atoms with Crippen molar-refractivity contribution in [2.75, 3.05) is 0 Å². The highest BCUT2D eigenvalue weighted by atomic mass is 32.1. The molecule has 0 unspecified atom stereocenters. The van der Waals surface area contributed by atoms with E-state index in [1.165, 1.54) is 42.1 Å². The van der Waals surface area contributed by atoms with E-state index in [1.807, 2.05) is 41.7 Å². The van der Waals surface area contributed by atoms with E-state index < -0.39 is 0 Å². The number of benzene rings is 9. The molecule has 0 aliphatic carbocycles. The molecule has 59 heavy (non-hydrogen) atoms. The van der Waals surface area contributed by atoms with Gasteiger partial charge in [0, 0.05) is 42.1 Å². The van der Waals surface area contributed by atoms with Gasteiger partial charge in [0.25, 0.3) is 0 Å². The normalized spacial score (nSPS) is 12.4. The highest BCUT2D eigenvalue weighted by Gasteiger charge is 2.20. The lowest BCUT2D eigenvalue weighted by Gasteiger charge is -2.11. The molecule has 0 saturated carbocycles. The first-order valence-electron chi connectivity index (χ1n) is 19.7. The van der Waals surface area contributed by atoms with Gasteiger partial charge in [0.15, 0.2) is 11.7 Å². The van der Waals surface area contributed by atoms with Gasteiger partial charge in [-0.15, -0.1) is 11.3 Å². The summed E-state index contributed by atoms with van der Waals surface area (Å²) in [5.41, 5.74) is 9.02. The predicted octanol–water partition coefficient (Wildman–Crippen LogP) is 14.7. The van der Waals surface area contributed by atoms with Crippen LogP contribution >= 0.6 is 11.3 Å². The zero-order valence-electron chi connectivity index (χ0n) is 32.0. The van der Waals surface area contributed by atoms with E-state index in [0.717, 1.165) is 60.5 Å². The van der Waals surface area contributed by atoms with Crippen LogP contribution in [0.1, 0.15) is 16.7 Å². The van der Waals surface area contributed by atoms with E-state index >= 15 is 0 Å². The Labute approximate surface area is 344 Å². The molecule has 11 rings (SSSR count). The minimum absolute atomic E-state index is 0.430. The van der Waals surface area contributed by atoms with Crippen LogP contribution in [-0.4, -0.2) is 18.4 Å². The molecule has 0 fully saturated rings. The fourth-order valence-electron chi connectivity index (χ4n) is 8.49. The summed E-state index contributed by atoms with van der Waals surface area (Å²) in [5.74, 6) is 1.07. The Morgan fingerprint density at radius 1 is 0.508 bits per heavy atom. The monoisotopic (exact) mass is 773 g/mol. The Morgan fingerprint density at radius 2 is 1.15 bits per heavy atom. The van der Waals surface area contributed by atoms with Crippen LogP contribution in [0.15, 0.2) is 207 Å². The van der Waals surface area contributed by atoms with Crippen LogP contribution < -0.4 is 0 Å². The van der Waals surface area contributed by atoms with Crippen molar-refractivity contribution in [1.29, 1.82) is 0 Å². The Bertz CT molecular complexity index is 3490. The molecule has 0 aliphatic heterocycles. The number of furan rings is 1. The topological polar surface area (TPSA) is 50.2 Å². The number of hydrogen-bond acceptors (Lipinski definition) is 3. The maximum absolute atomic E-state index is 6.63. The van der Waals surface area contributed by atoms with E-state index in [-0.39, 0.29) is 0 Å². The Morgan fingerprint density at radius 3 is 2.00 bits per heavy atom. The summed E-state index contributed by atoms with van der Waals surface area (Å²) in [6.07, 6.45) is 0. The van der Waals surface area contributed by atoms with E-state index in [4.69, 9.17) is 14.4 Å². The molecule has 0 radical (unpaired) electrons. The van der Waals surface area contributed by atoms with Crippen LogP contribution in [0.25, 0.3) is 85.9 Å². The van der Waals surface area contributed by atoms with Crippen molar-refractivity contribution < 1.29 is 4.42 Å². The molecule has 0 aliphatic rings. The van der Waals surface area contributed by atoms with Crippen molar-refractivity contribution in [3.63, 3.8) is 0 Å². The summed E-state index contributed by atoms with van der Waals surface area (Å²) in [5, 5.41) is 9.21. The van der Waals surface area contributed by atoms with Crippen molar-refractivity contribution in [3.05, 3.63) is 205 Å². The van der Waals surface area contributed by atoms with Gasteiger partial charge in [0.05, 0.1) is 6.54 Å². The Hall–Kier alpha value is -7.47. The van der Waals surface area contributed by atoms with Gasteiger partial charge in [-0.25, -0.2) is 9.98 Å². The maximum atomic E-state index is 6.63. The molecular formula is C54H35N3OS. The molecular weight excluding hydrogens is 739 g/mol. The Kier molecular flexibility index (Phi) is 8.53. The SMILES string of the molecule is C=N/C(=N\C(=N/Cc1cccc2c1sc1ccccc12)c1cccc2oc3cccc(-c4ccc(-c5cccc6ccccc56)cc4)c3c12)c1ccc2ccccc2c1. The smallest absolute Gasteiger partial charge is 0.161 e. The minimum atomic E-state index is 0.430. The van der Waals surface area contributed by atoms with Crippen LogP contribution in [0.2, 0.25) is 0 Å². The summed E-state index contributed by atoms with van der Waals surface area (Å²) in [7, 11) is 0. The molecule has 11 aromatic rings. The highest BCUT2D eigenvalue weighted by Crippen LogP contribution is 2.40. The van der Waals surface area contributed by atoms with Gasteiger partial charge in [-0.1, -0.05) is 164 Å². The first-order chi connectivity index (χ1) is 29.2. The standard InChI is InChI=1S/C54H35N3OS/c1-55-53(39-31-26-34-12-2-3-14-38(34)32-39)57-54(56-33-40-16-9-21-45-44-18-6-7-25-49(44)59-52(40)45)46-22-11-24-48-51(46)50-43(20-10-23-47(50)58-48)37-29-27-36(28-30-37)42-19-8-15-35-13-4-5-17-41(35)42/h2-32H,1,33H2/b56-54-,57-53-. The summed E-state index contributed by atoms with van der Waals surface area (Å²) in [4.78, 5) is 15.2. The lowest BCUT2D eigenvalue weighted by Crippen LogP contribution is -2.06. The molecule has 0 atom stereocenters. The number of hydrogen-bond donors (Lipinski definition) is 0. The van der Waals surface area contributed by atoms with E-state index in [0.29, 0.717) is 18.2 Å². The summed E-state index contributed by atoms with van der Waals surface area (Å²) in [6.45, 7) is 4.43. The summed E-state index contributed by atoms with van der Waals surface area (Å²) in [6, 6.07) is 66.0. The van der Waals surface area contributed by atoms with Gasteiger partial charge >= 0.3 is 0 Å². The van der Waals surface area contributed by atoms with Gasteiger partial charge in [-0.05, 0) is 80.3 Å². The third-order valence-corrected chi connectivity index (χ3v) is 12.6. The first kappa shape index (κ1) is 34.8. The third kappa shape index (κ3) is 6.11. The quantitative estimate of drug-likeness (QED) is 0.123. The number of rotatable bonds is 6. The zero-order chi connectivity index (χ0) is 39.3.